The molecule has 5 nitrogen and oxygen atoms in total. The fourth-order valence-corrected chi connectivity index (χ4v) is 9.80. The van der Waals surface area contributed by atoms with Gasteiger partial charge in [-0.15, -0.1) is 0 Å². The Bertz CT molecular complexity index is 1110. The van der Waals surface area contributed by atoms with E-state index in [1.807, 2.05) is 24.3 Å². The third kappa shape index (κ3) is 4.28. The largest absolute Gasteiger partial charge is 0.294 e. The highest BCUT2D eigenvalue weighted by Gasteiger charge is 2.62. The van der Waals surface area contributed by atoms with Crippen LogP contribution in [-0.2, 0) is 4.79 Å². The maximum Gasteiger partial charge on any atom is 0.182 e. The number of hydrogen-bond donors (Lipinski definition) is 0. The van der Waals surface area contributed by atoms with Gasteiger partial charge in [-0.25, -0.2) is 0 Å². The minimum atomic E-state index is -1.94. The Balaban J connectivity index is 1.61. The number of rotatable bonds is 7. The number of ketones is 1. The van der Waals surface area contributed by atoms with Crippen LogP contribution in [0.3, 0.4) is 0 Å². The van der Waals surface area contributed by atoms with E-state index in [4.69, 9.17) is 0 Å². The first-order chi connectivity index (χ1) is 18.0. The molecule has 0 N–H and O–H groups in total. The predicted octanol–water partition coefficient (Wildman–Crippen LogP) is 7.52. The van der Waals surface area contributed by atoms with E-state index in [0.29, 0.717) is 29.6 Å². The van der Waals surface area contributed by atoms with Crippen LogP contribution in [0.15, 0.2) is 11.6 Å². The minimum absolute atomic E-state index is 0.258. The molecular formula is C33H44N4O. The summed E-state index contributed by atoms with van der Waals surface area (Å²) in [6, 6.07) is 7.65. The normalized spacial score (nSPS) is 37.1. The van der Waals surface area contributed by atoms with E-state index < -0.39 is 17.3 Å². The molecule has 0 aromatic rings. The van der Waals surface area contributed by atoms with Crippen LogP contribution in [0.5, 0.6) is 0 Å². The number of carbonyl (C=O) groups excluding carboxylic acids is 1. The van der Waals surface area contributed by atoms with Crippen LogP contribution in [-0.4, -0.2) is 5.78 Å². The summed E-state index contributed by atoms with van der Waals surface area (Å²) in [6.45, 7) is 11.9. The van der Waals surface area contributed by atoms with Crippen molar-refractivity contribution < 1.29 is 4.79 Å². The minimum Gasteiger partial charge on any atom is -0.294 e. The Morgan fingerprint density at radius 3 is 2.26 bits per heavy atom. The molecule has 3 fully saturated rings. The van der Waals surface area contributed by atoms with Gasteiger partial charge in [0.15, 0.2) is 17.1 Å². The maximum atomic E-state index is 13.3. The monoisotopic (exact) mass is 512 g/mol. The lowest BCUT2D eigenvalue weighted by Gasteiger charge is -2.59. The Kier molecular flexibility index (Phi) is 7.84. The smallest absolute Gasteiger partial charge is 0.182 e. The zero-order valence-electron chi connectivity index (χ0n) is 24.0. The third-order valence-electron chi connectivity index (χ3n) is 11.9. The van der Waals surface area contributed by atoms with E-state index in [-0.39, 0.29) is 11.2 Å². The van der Waals surface area contributed by atoms with Crippen LogP contribution in [0.4, 0.5) is 0 Å². The molecule has 0 aromatic heterocycles. The Morgan fingerprint density at radius 1 is 0.974 bits per heavy atom. The van der Waals surface area contributed by atoms with E-state index in [1.54, 1.807) is 6.08 Å². The number of nitrogens with zero attached hydrogens (tertiary/aromatic N) is 4. The van der Waals surface area contributed by atoms with Gasteiger partial charge in [0.05, 0.1) is 30.2 Å². The van der Waals surface area contributed by atoms with Crippen molar-refractivity contribution in [1.82, 2.24) is 0 Å². The van der Waals surface area contributed by atoms with Gasteiger partial charge in [0, 0.05) is 0 Å². The SMILES string of the molecule is CC(C)CCC[C@@H](C)[C@H]1CC[C@H]2[C@@H]3CCC4=CC(=O)[C@H](C(C#N)(C#N)C(C#N)C#N)C[C@]4(C)[C@H]3CC[C@]12C. The van der Waals surface area contributed by atoms with Crippen molar-refractivity contribution in [3.8, 4) is 24.3 Å². The van der Waals surface area contributed by atoms with Crippen molar-refractivity contribution in [2.24, 2.45) is 63.6 Å². The molecule has 4 aliphatic rings. The summed E-state index contributed by atoms with van der Waals surface area (Å²) >= 11 is 0. The number of fused-ring (bicyclic) bond motifs is 5. The molecule has 0 aliphatic heterocycles. The van der Waals surface area contributed by atoms with Crippen LogP contribution in [0.2, 0.25) is 0 Å². The van der Waals surface area contributed by atoms with E-state index in [0.717, 1.165) is 42.6 Å². The van der Waals surface area contributed by atoms with E-state index in [9.17, 15) is 25.8 Å². The molecule has 3 saturated carbocycles. The molecule has 8 atom stereocenters. The number of nitriles is 4. The van der Waals surface area contributed by atoms with Gasteiger partial charge >= 0.3 is 0 Å². The van der Waals surface area contributed by atoms with E-state index >= 15 is 0 Å². The number of allylic oxidation sites excluding steroid dienone is 1. The molecule has 0 aromatic carbocycles. The topological polar surface area (TPSA) is 112 Å². The lowest BCUT2D eigenvalue weighted by molar-refractivity contribution is -0.126. The highest BCUT2D eigenvalue weighted by atomic mass is 16.1. The highest BCUT2D eigenvalue weighted by molar-refractivity contribution is 5.95. The summed E-state index contributed by atoms with van der Waals surface area (Å²) in [5.41, 5.74) is -0.699. The second-order valence-corrected chi connectivity index (χ2v) is 14.0. The molecular weight excluding hydrogens is 468 g/mol. The van der Waals surface area contributed by atoms with E-state index in [1.165, 1.54) is 38.5 Å². The molecule has 0 bridgehead atoms. The second kappa shape index (κ2) is 10.5. The number of hydrogen-bond acceptors (Lipinski definition) is 5. The van der Waals surface area contributed by atoms with Crippen LogP contribution in [0.25, 0.3) is 0 Å². The molecule has 0 spiro atoms. The first kappa shape index (κ1) is 28.4. The molecule has 0 radical (unpaired) electrons. The second-order valence-electron chi connectivity index (χ2n) is 14.0. The van der Waals surface area contributed by atoms with Crippen molar-refractivity contribution in [3.63, 3.8) is 0 Å². The summed E-state index contributed by atoms with van der Waals surface area (Å²) in [4.78, 5) is 13.3. The van der Waals surface area contributed by atoms with Gasteiger partial charge in [0.1, 0.15) is 0 Å². The quantitative estimate of drug-likeness (QED) is 0.350. The predicted molar refractivity (Wildman–Crippen MR) is 145 cm³/mol. The van der Waals surface area contributed by atoms with Crippen molar-refractivity contribution in [3.05, 3.63) is 11.6 Å². The van der Waals surface area contributed by atoms with Crippen molar-refractivity contribution in [2.75, 3.05) is 0 Å². The van der Waals surface area contributed by atoms with Gasteiger partial charge < -0.3 is 0 Å². The van der Waals surface area contributed by atoms with Gasteiger partial charge in [0.25, 0.3) is 0 Å². The van der Waals surface area contributed by atoms with Gasteiger partial charge in [0.2, 0.25) is 0 Å². The molecule has 0 saturated heterocycles. The first-order valence-electron chi connectivity index (χ1n) is 14.9. The molecule has 0 amide bonds. The number of carbonyl (C=O) groups is 1. The van der Waals surface area contributed by atoms with Crippen molar-refractivity contribution >= 4 is 5.78 Å². The van der Waals surface area contributed by atoms with Crippen LogP contribution in [0.1, 0.15) is 98.8 Å². The average Bonchev–Trinajstić information content (AvgIpc) is 3.24. The summed E-state index contributed by atoms with van der Waals surface area (Å²) in [6.07, 6.45) is 12.9. The summed E-state index contributed by atoms with van der Waals surface area (Å²) in [5, 5.41) is 39.4. The van der Waals surface area contributed by atoms with Gasteiger partial charge in [-0.1, -0.05) is 59.5 Å². The molecule has 0 heterocycles. The molecule has 202 valence electrons. The van der Waals surface area contributed by atoms with Crippen LogP contribution >= 0.6 is 0 Å². The molecule has 0 unspecified atom stereocenters. The summed E-state index contributed by atoms with van der Waals surface area (Å²) in [5.74, 6) is 1.28. The van der Waals surface area contributed by atoms with Crippen LogP contribution in [0, 0.1) is 109 Å². The van der Waals surface area contributed by atoms with Gasteiger partial charge in [-0.05, 0) is 97.4 Å². The summed E-state index contributed by atoms with van der Waals surface area (Å²) < 4.78 is 0. The lowest BCUT2D eigenvalue weighted by Crippen LogP contribution is -2.54. The Labute approximate surface area is 229 Å². The standard InChI is InChI=1S/C33H44N4O/c1-21(2)7-6-8-22(3)26-11-12-27-25-10-9-23-15-30(38)29(33(19-36,20-37)24(17-34)18-35)16-32(23,5)28(25)13-14-31(26,27)4/h15,21-22,24-29H,6-14,16H2,1-5H3/t22-,25+,26-,27+,28+,29-,31-,32+/m1/s1. The molecule has 4 aliphatic carbocycles. The first-order valence-corrected chi connectivity index (χ1v) is 14.9. The van der Waals surface area contributed by atoms with Gasteiger partial charge in [-0.2, -0.15) is 21.0 Å². The van der Waals surface area contributed by atoms with Crippen LogP contribution < -0.4 is 0 Å². The van der Waals surface area contributed by atoms with Crippen molar-refractivity contribution in [1.29, 1.82) is 21.0 Å². The zero-order valence-corrected chi connectivity index (χ0v) is 24.0. The lowest BCUT2D eigenvalue weighted by atomic mass is 9.44. The molecule has 5 heteroatoms. The fourth-order valence-electron chi connectivity index (χ4n) is 9.80. The molecule has 4 rings (SSSR count). The Morgan fingerprint density at radius 2 is 1.66 bits per heavy atom. The zero-order chi connectivity index (χ0) is 27.9. The fraction of sp³-hybridized carbons (Fsp3) is 0.788. The average molecular weight is 513 g/mol. The maximum absolute atomic E-state index is 13.3. The highest BCUT2D eigenvalue weighted by Crippen LogP contribution is 2.68. The molecule has 38 heavy (non-hydrogen) atoms. The van der Waals surface area contributed by atoms with Crippen molar-refractivity contribution in [2.45, 2.75) is 98.8 Å². The van der Waals surface area contributed by atoms with E-state index in [2.05, 4.69) is 34.6 Å². The summed E-state index contributed by atoms with van der Waals surface area (Å²) in [7, 11) is 0. The third-order valence-corrected chi connectivity index (χ3v) is 11.9. The van der Waals surface area contributed by atoms with Gasteiger partial charge in [-0.3, -0.25) is 4.79 Å². The Hall–Kier alpha value is -2.63.